The number of aromatic nitrogens is 2. The molecule has 0 saturated carbocycles. The number of carbonyl (C=O) groups is 2. The molecule has 1 atom stereocenters. The van der Waals surface area contributed by atoms with Crippen LogP contribution in [0.5, 0.6) is 0 Å². The molecule has 1 unspecified atom stereocenters. The first-order chi connectivity index (χ1) is 9.10. The number of aryl methyl sites for hydroxylation is 1. The maximum Gasteiger partial charge on any atom is 0.356 e. The van der Waals surface area contributed by atoms with Crippen LogP contribution in [0.4, 0.5) is 0 Å². The second-order valence-corrected chi connectivity index (χ2v) is 4.66. The minimum atomic E-state index is -0.552. The van der Waals surface area contributed by atoms with Gasteiger partial charge in [-0.25, -0.2) is 14.8 Å². The van der Waals surface area contributed by atoms with Gasteiger partial charge < -0.3 is 10.1 Å². The second-order valence-electron chi connectivity index (χ2n) is 4.32. The Kier molecular flexibility index (Phi) is 4.31. The average molecular weight is 284 g/mol. The monoisotopic (exact) mass is 283 g/mol. The van der Waals surface area contributed by atoms with Crippen LogP contribution >= 0.6 is 11.6 Å². The highest BCUT2D eigenvalue weighted by molar-refractivity contribution is 6.28. The summed E-state index contributed by atoms with van der Waals surface area (Å²) in [5.74, 6) is -0.465. The third-order valence-electron chi connectivity index (χ3n) is 3.06. The van der Waals surface area contributed by atoms with Crippen LogP contribution in [0.3, 0.4) is 0 Å². The van der Waals surface area contributed by atoms with Gasteiger partial charge in [-0.05, 0) is 36.9 Å². The molecule has 1 aromatic heterocycles. The van der Waals surface area contributed by atoms with Gasteiger partial charge in [-0.15, -0.1) is 0 Å². The van der Waals surface area contributed by atoms with Crippen molar-refractivity contribution in [3.05, 3.63) is 22.7 Å². The van der Waals surface area contributed by atoms with Crippen molar-refractivity contribution < 1.29 is 14.3 Å². The van der Waals surface area contributed by atoms with Crippen molar-refractivity contribution in [3.8, 4) is 0 Å². The SMILES string of the molecule is COC(=O)c1cc(CCC2CCNC2=O)nc(Cl)n1. The van der Waals surface area contributed by atoms with Gasteiger partial charge in [-0.2, -0.15) is 0 Å². The largest absolute Gasteiger partial charge is 0.464 e. The van der Waals surface area contributed by atoms with Gasteiger partial charge in [0.2, 0.25) is 11.2 Å². The molecule has 0 radical (unpaired) electrons. The molecule has 0 spiro atoms. The molecule has 1 N–H and O–H groups in total. The minimum absolute atomic E-state index is 0.00812. The molecule has 1 saturated heterocycles. The lowest BCUT2D eigenvalue weighted by Crippen LogP contribution is -2.19. The van der Waals surface area contributed by atoms with Gasteiger partial charge in [0.05, 0.1) is 7.11 Å². The molecule has 0 aromatic carbocycles. The highest BCUT2D eigenvalue weighted by Crippen LogP contribution is 2.17. The van der Waals surface area contributed by atoms with E-state index >= 15 is 0 Å². The Bertz CT molecular complexity index is 507. The van der Waals surface area contributed by atoms with E-state index in [-0.39, 0.29) is 22.8 Å². The second kappa shape index (κ2) is 5.97. The summed E-state index contributed by atoms with van der Waals surface area (Å²) in [6.07, 6.45) is 2.09. The first-order valence-corrected chi connectivity index (χ1v) is 6.37. The Labute approximate surface area is 115 Å². The van der Waals surface area contributed by atoms with Crippen molar-refractivity contribution in [1.82, 2.24) is 15.3 Å². The third-order valence-corrected chi connectivity index (χ3v) is 3.23. The number of amides is 1. The number of hydrogen-bond donors (Lipinski definition) is 1. The normalized spacial score (nSPS) is 18.2. The minimum Gasteiger partial charge on any atom is -0.464 e. The summed E-state index contributed by atoms with van der Waals surface area (Å²) in [5, 5.41) is 2.79. The molecule has 1 aliphatic heterocycles. The zero-order valence-electron chi connectivity index (χ0n) is 10.5. The molecular formula is C12H14ClN3O3. The molecule has 6 nitrogen and oxygen atoms in total. The molecule has 0 bridgehead atoms. The molecule has 1 aliphatic rings. The number of hydrogen-bond acceptors (Lipinski definition) is 5. The van der Waals surface area contributed by atoms with Crippen molar-refractivity contribution in [3.63, 3.8) is 0 Å². The first-order valence-electron chi connectivity index (χ1n) is 5.99. The quantitative estimate of drug-likeness (QED) is 0.658. The molecule has 2 heterocycles. The van der Waals surface area contributed by atoms with Gasteiger partial charge >= 0.3 is 5.97 Å². The Morgan fingerprint density at radius 1 is 1.58 bits per heavy atom. The van der Waals surface area contributed by atoms with E-state index < -0.39 is 5.97 Å². The Morgan fingerprint density at radius 2 is 2.37 bits per heavy atom. The standard InChI is InChI=1S/C12H14ClN3O3/c1-19-11(18)9-6-8(15-12(13)16-9)3-2-7-4-5-14-10(7)17/h6-7H,2-5H2,1H3,(H,14,17). The third kappa shape index (κ3) is 3.41. The number of halogens is 1. The topological polar surface area (TPSA) is 81.2 Å². The predicted octanol–water partition coefficient (Wildman–Crippen LogP) is 0.985. The van der Waals surface area contributed by atoms with Gasteiger partial charge in [0.1, 0.15) is 0 Å². The smallest absolute Gasteiger partial charge is 0.356 e. The number of rotatable bonds is 4. The summed E-state index contributed by atoms with van der Waals surface area (Å²) < 4.78 is 4.59. The molecule has 0 aliphatic carbocycles. The van der Waals surface area contributed by atoms with E-state index in [1.54, 1.807) is 6.07 Å². The molecule has 1 fully saturated rings. The molecular weight excluding hydrogens is 270 g/mol. The predicted molar refractivity (Wildman–Crippen MR) is 67.8 cm³/mol. The van der Waals surface area contributed by atoms with Crippen molar-refractivity contribution in [2.75, 3.05) is 13.7 Å². The number of ether oxygens (including phenoxy) is 1. The van der Waals surface area contributed by atoms with Gasteiger partial charge in [-0.3, -0.25) is 4.79 Å². The lowest BCUT2D eigenvalue weighted by atomic mass is 10.0. The Balaban J connectivity index is 2.05. The fraction of sp³-hybridized carbons (Fsp3) is 0.500. The number of esters is 1. The summed E-state index contributed by atoms with van der Waals surface area (Å²) >= 11 is 5.77. The Morgan fingerprint density at radius 3 is 3.00 bits per heavy atom. The summed E-state index contributed by atoms with van der Waals surface area (Å²) in [6, 6.07) is 1.55. The molecule has 2 rings (SSSR count). The maximum atomic E-state index is 11.4. The van der Waals surface area contributed by atoms with Crippen LogP contribution in [0.2, 0.25) is 5.28 Å². The van der Waals surface area contributed by atoms with Gasteiger partial charge in [-0.1, -0.05) is 0 Å². The van der Waals surface area contributed by atoms with Gasteiger partial charge in [0.25, 0.3) is 0 Å². The Hall–Kier alpha value is -1.69. The number of nitrogens with one attached hydrogen (secondary N) is 1. The highest BCUT2D eigenvalue weighted by atomic mass is 35.5. The summed E-state index contributed by atoms with van der Waals surface area (Å²) in [6.45, 7) is 0.724. The maximum absolute atomic E-state index is 11.4. The number of nitrogens with zero attached hydrogens (tertiary/aromatic N) is 2. The molecule has 7 heteroatoms. The van der Waals surface area contributed by atoms with Crippen molar-refractivity contribution in [2.24, 2.45) is 5.92 Å². The first kappa shape index (κ1) is 13.7. The van der Waals surface area contributed by atoms with E-state index in [9.17, 15) is 9.59 Å². The van der Waals surface area contributed by atoms with E-state index in [1.165, 1.54) is 7.11 Å². The van der Waals surface area contributed by atoms with E-state index in [1.807, 2.05) is 0 Å². The van der Waals surface area contributed by atoms with E-state index in [4.69, 9.17) is 11.6 Å². The zero-order valence-corrected chi connectivity index (χ0v) is 11.2. The van der Waals surface area contributed by atoms with Crippen molar-refractivity contribution >= 4 is 23.5 Å². The summed E-state index contributed by atoms with van der Waals surface area (Å²) in [5.41, 5.74) is 0.772. The molecule has 19 heavy (non-hydrogen) atoms. The van der Waals surface area contributed by atoms with E-state index in [0.29, 0.717) is 18.5 Å². The van der Waals surface area contributed by atoms with Crippen LogP contribution in [0.25, 0.3) is 0 Å². The van der Waals surface area contributed by atoms with Crippen LogP contribution in [-0.2, 0) is 16.0 Å². The average Bonchev–Trinajstić information content (AvgIpc) is 2.80. The molecule has 1 aromatic rings. The van der Waals surface area contributed by atoms with Crippen LogP contribution in [0, 0.1) is 5.92 Å². The van der Waals surface area contributed by atoms with Gasteiger partial charge in [0.15, 0.2) is 5.69 Å². The van der Waals surface area contributed by atoms with E-state index in [2.05, 4.69) is 20.0 Å². The molecule has 102 valence electrons. The van der Waals surface area contributed by atoms with E-state index in [0.717, 1.165) is 13.0 Å². The van der Waals surface area contributed by atoms with Crippen LogP contribution in [0.15, 0.2) is 6.07 Å². The number of carbonyl (C=O) groups excluding carboxylic acids is 2. The fourth-order valence-electron chi connectivity index (χ4n) is 2.05. The van der Waals surface area contributed by atoms with Crippen LogP contribution < -0.4 is 5.32 Å². The highest BCUT2D eigenvalue weighted by Gasteiger charge is 2.23. The van der Waals surface area contributed by atoms with Crippen molar-refractivity contribution in [2.45, 2.75) is 19.3 Å². The zero-order chi connectivity index (χ0) is 13.8. The summed E-state index contributed by atoms with van der Waals surface area (Å²) in [4.78, 5) is 30.7. The lowest BCUT2D eigenvalue weighted by molar-refractivity contribution is -0.122. The molecule has 1 amide bonds. The van der Waals surface area contributed by atoms with Crippen molar-refractivity contribution in [1.29, 1.82) is 0 Å². The fourth-order valence-corrected chi connectivity index (χ4v) is 2.24. The number of methoxy groups -OCH3 is 1. The lowest BCUT2D eigenvalue weighted by Gasteiger charge is -2.07. The summed E-state index contributed by atoms with van der Waals surface area (Å²) in [7, 11) is 1.28. The van der Waals surface area contributed by atoms with Crippen LogP contribution in [0.1, 0.15) is 29.0 Å². The van der Waals surface area contributed by atoms with Gasteiger partial charge in [0, 0.05) is 18.2 Å². The van der Waals surface area contributed by atoms with Crippen LogP contribution in [-0.4, -0.2) is 35.5 Å².